The predicted octanol–water partition coefficient (Wildman–Crippen LogP) is 3.94. The first-order valence-corrected chi connectivity index (χ1v) is 12.3. The van der Waals surface area contributed by atoms with E-state index in [1.54, 1.807) is 10.4 Å². The van der Waals surface area contributed by atoms with Crippen molar-refractivity contribution in [3.05, 3.63) is 72.4 Å². The number of nitrogens with one attached hydrogen (secondary N) is 1. The lowest BCUT2D eigenvalue weighted by Gasteiger charge is -2.40. The minimum absolute atomic E-state index is 0.0538. The number of hydrogen-bond acceptors (Lipinski definition) is 6. The van der Waals surface area contributed by atoms with Crippen molar-refractivity contribution in [2.24, 2.45) is 0 Å². The second kappa shape index (κ2) is 8.49. The number of nitrogens with zero attached hydrogens (tertiary/aromatic N) is 4. The molecule has 8 nitrogen and oxygen atoms in total. The maximum Gasteiger partial charge on any atom is 0.264 e. The fourth-order valence-corrected chi connectivity index (χ4v) is 5.66. The second-order valence-corrected chi connectivity index (χ2v) is 10.2. The number of aromatic nitrogens is 3. The Morgan fingerprint density at radius 1 is 1.00 bits per heavy atom. The molecule has 1 N–H and O–H groups in total. The molecular weight excluding hydrogens is 438 g/mol. The molecule has 0 unspecified atom stereocenters. The van der Waals surface area contributed by atoms with Gasteiger partial charge < -0.3 is 14.3 Å². The van der Waals surface area contributed by atoms with E-state index in [0.717, 1.165) is 11.3 Å². The Balaban J connectivity index is 1.33. The summed E-state index contributed by atoms with van der Waals surface area (Å²) in [5, 5.41) is 8.15. The molecule has 1 atom stereocenters. The number of aromatic amines is 1. The topological polar surface area (TPSA) is 95.3 Å². The molecule has 4 aromatic rings. The van der Waals surface area contributed by atoms with Gasteiger partial charge in [-0.05, 0) is 49.7 Å². The molecule has 0 saturated carbocycles. The highest BCUT2D eigenvalue weighted by Gasteiger charge is 2.33. The average Bonchev–Trinajstić information content (AvgIpc) is 3.50. The van der Waals surface area contributed by atoms with Crippen molar-refractivity contribution in [2.45, 2.75) is 24.8 Å². The highest BCUT2D eigenvalue weighted by molar-refractivity contribution is 7.89. The summed E-state index contributed by atoms with van der Waals surface area (Å²) in [5.41, 5.74) is 3.57. The third-order valence-electron chi connectivity index (χ3n) is 5.89. The molecule has 1 saturated heterocycles. The van der Waals surface area contributed by atoms with Gasteiger partial charge in [0, 0.05) is 43.1 Å². The number of anilines is 1. The molecule has 0 amide bonds. The van der Waals surface area contributed by atoms with Crippen LogP contribution in [-0.4, -0.2) is 53.6 Å². The van der Waals surface area contributed by atoms with Crippen LogP contribution in [0, 0.1) is 6.92 Å². The van der Waals surface area contributed by atoms with Gasteiger partial charge in [0.15, 0.2) is 0 Å². The van der Waals surface area contributed by atoms with E-state index in [9.17, 15) is 8.42 Å². The number of sulfonamides is 1. The van der Waals surface area contributed by atoms with Crippen LogP contribution in [0.5, 0.6) is 0 Å². The zero-order chi connectivity index (χ0) is 23.0. The number of piperazine rings is 1. The van der Waals surface area contributed by atoms with E-state index in [1.165, 1.54) is 11.8 Å². The standard InChI is InChI=1S/C24H25N5O3S/c1-17-7-6-10-20(13-17)29-12-11-28(16-18(29)2)33(30,31)21-14-22(25-15-21)24-27-26-23(32-24)19-8-4-3-5-9-19/h3-10,13-15,18,25H,11-12,16H2,1-2H3/t18-/m0/s1. The molecule has 33 heavy (non-hydrogen) atoms. The van der Waals surface area contributed by atoms with Gasteiger partial charge in [0.1, 0.15) is 10.6 Å². The monoisotopic (exact) mass is 463 g/mol. The van der Waals surface area contributed by atoms with E-state index < -0.39 is 10.0 Å². The summed E-state index contributed by atoms with van der Waals surface area (Å²) in [4.78, 5) is 5.41. The molecular formula is C24H25N5O3S. The lowest BCUT2D eigenvalue weighted by atomic mass is 10.1. The zero-order valence-electron chi connectivity index (χ0n) is 18.5. The molecule has 0 aliphatic carbocycles. The van der Waals surface area contributed by atoms with Crippen LogP contribution in [0.1, 0.15) is 12.5 Å². The van der Waals surface area contributed by atoms with Crippen LogP contribution in [0.4, 0.5) is 5.69 Å². The summed E-state index contributed by atoms with van der Waals surface area (Å²) in [6.45, 7) is 5.57. The van der Waals surface area contributed by atoms with Crippen molar-refractivity contribution >= 4 is 15.7 Å². The SMILES string of the molecule is Cc1cccc(N2CCN(S(=O)(=O)c3c[nH]c(-c4nnc(-c5ccccc5)o4)c3)C[C@@H]2C)c1. The third kappa shape index (κ3) is 4.17. The fraction of sp³-hybridized carbons (Fsp3) is 0.250. The second-order valence-electron chi connectivity index (χ2n) is 8.27. The number of aryl methyl sites for hydroxylation is 1. The maximum atomic E-state index is 13.3. The van der Waals surface area contributed by atoms with Crippen molar-refractivity contribution < 1.29 is 12.8 Å². The van der Waals surface area contributed by atoms with Gasteiger partial charge in [-0.25, -0.2) is 8.42 Å². The predicted molar refractivity (Wildman–Crippen MR) is 126 cm³/mol. The summed E-state index contributed by atoms with van der Waals surface area (Å²) in [6.07, 6.45) is 1.48. The zero-order valence-corrected chi connectivity index (χ0v) is 19.3. The van der Waals surface area contributed by atoms with Gasteiger partial charge >= 0.3 is 0 Å². The van der Waals surface area contributed by atoms with E-state index in [-0.39, 0.29) is 16.8 Å². The van der Waals surface area contributed by atoms with Gasteiger partial charge in [-0.15, -0.1) is 10.2 Å². The van der Waals surface area contributed by atoms with Crippen LogP contribution < -0.4 is 4.90 Å². The number of benzene rings is 2. The Kier molecular flexibility index (Phi) is 5.51. The van der Waals surface area contributed by atoms with Crippen LogP contribution in [0.2, 0.25) is 0 Å². The van der Waals surface area contributed by atoms with Gasteiger partial charge in [0.2, 0.25) is 15.9 Å². The molecule has 170 valence electrons. The first-order valence-electron chi connectivity index (χ1n) is 10.8. The number of hydrogen-bond donors (Lipinski definition) is 1. The van der Waals surface area contributed by atoms with Gasteiger partial charge in [0.25, 0.3) is 5.89 Å². The van der Waals surface area contributed by atoms with Crippen molar-refractivity contribution in [3.63, 3.8) is 0 Å². The average molecular weight is 464 g/mol. The molecule has 0 radical (unpaired) electrons. The van der Waals surface area contributed by atoms with E-state index in [0.29, 0.717) is 31.2 Å². The maximum absolute atomic E-state index is 13.3. The highest BCUT2D eigenvalue weighted by Crippen LogP contribution is 2.28. The highest BCUT2D eigenvalue weighted by atomic mass is 32.2. The first-order chi connectivity index (χ1) is 15.9. The number of H-pyrrole nitrogens is 1. The Bertz CT molecular complexity index is 1360. The fourth-order valence-electron chi connectivity index (χ4n) is 4.16. The molecule has 3 heterocycles. The van der Waals surface area contributed by atoms with Gasteiger partial charge in [0.05, 0.1) is 0 Å². The van der Waals surface area contributed by atoms with E-state index >= 15 is 0 Å². The third-order valence-corrected chi connectivity index (χ3v) is 7.74. The molecule has 1 fully saturated rings. The van der Waals surface area contributed by atoms with E-state index in [1.807, 2.05) is 36.4 Å². The number of rotatable bonds is 5. The molecule has 1 aliphatic rings. The molecule has 5 rings (SSSR count). The van der Waals surface area contributed by atoms with Crippen LogP contribution in [0.15, 0.2) is 76.2 Å². The summed E-state index contributed by atoms with van der Waals surface area (Å²) in [6, 6.07) is 19.3. The van der Waals surface area contributed by atoms with Crippen LogP contribution in [0.25, 0.3) is 23.0 Å². The quantitative estimate of drug-likeness (QED) is 0.482. The van der Waals surface area contributed by atoms with Gasteiger partial charge in [-0.3, -0.25) is 0 Å². The Morgan fingerprint density at radius 3 is 2.55 bits per heavy atom. The van der Waals surface area contributed by atoms with Crippen LogP contribution in [0.3, 0.4) is 0 Å². The summed E-state index contributed by atoms with van der Waals surface area (Å²) in [7, 11) is -3.66. The molecule has 2 aromatic heterocycles. The van der Waals surface area contributed by atoms with Crippen molar-refractivity contribution in [1.82, 2.24) is 19.5 Å². The van der Waals surface area contributed by atoms with Crippen LogP contribution >= 0.6 is 0 Å². The van der Waals surface area contributed by atoms with Gasteiger partial charge in [-0.2, -0.15) is 4.31 Å². The van der Waals surface area contributed by atoms with Crippen molar-refractivity contribution in [2.75, 3.05) is 24.5 Å². The lowest BCUT2D eigenvalue weighted by Crippen LogP contribution is -2.53. The minimum atomic E-state index is -3.66. The normalized spacial score (nSPS) is 17.4. The van der Waals surface area contributed by atoms with Crippen LogP contribution in [-0.2, 0) is 10.0 Å². The molecule has 0 bridgehead atoms. The minimum Gasteiger partial charge on any atom is -0.415 e. The Morgan fingerprint density at radius 2 is 1.79 bits per heavy atom. The van der Waals surface area contributed by atoms with E-state index in [4.69, 9.17) is 4.42 Å². The molecule has 0 spiro atoms. The molecule has 2 aromatic carbocycles. The van der Waals surface area contributed by atoms with Crippen molar-refractivity contribution in [1.29, 1.82) is 0 Å². The summed E-state index contributed by atoms with van der Waals surface area (Å²) >= 11 is 0. The Hall–Kier alpha value is -3.43. The Labute approximate surface area is 192 Å². The van der Waals surface area contributed by atoms with Crippen molar-refractivity contribution in [3.8, 4) is 23.0 Å². The lowest BCUT2D eigenvalue weighted by molar-refractivity contribution is 0.342. The molecule has 9 heteroatoms. The smallest absolute Gasteiger partial charge is 0.264 e. The summed E-state index contributed by atoms with van der Waals surface area (Å²) in [5.74, 6) is 0.624. The summed E-state index contributed by atoms with van der Waals surface area (Å²) < 4.78 is 33.9. The largest absolute Gasteiger partial charge is 0.415 e. The van der Waals surface area contributed by atoms with E-state index in [2.05, 4.69) is 52.1 Å². The first kappa shape index (κ1) is 21.4. The molecule has 1 aliphatic heterocycles. The van der Waals surface area contributed by atoms with Gasteiger partial charge in [-0.1, -0.05) is 30.3 Å².